The van der Waals surface area contributed by atoms with Gasteiger partial charge in [-0.2, -0.15) is 0 Å². The van der Waals surface area contributed by atoms with Crippen molar-refractivity contribution >= 4 is 65.2 Å². The van der Waals surface area contributed by atoms with Crippen molar-refractivity contribution in [3.8, 4) is 56.7 Å². The average Bonchev–Trinajstić information content (AvgIpc) is 3.87. The molecule has 0 unspecified atom stereocenters. The van der Waals surface area contributed by atoms with E-state index in [1.807, 2.05) is 60.7 Å². The van der Waals surface area contributed by atoms with Gasteiger partial charge in [-0.1, -0.05) is 170 Å². The molecule has 0 saturated carbocycles. The number of fused-ring (bicyclic) bond motifs is 9. The second-order valence-electron chi connectivity index (χ2n) is 16.4. The minimum Gasteiger partial charge on any atom is -0.309 e. The van der Waals surface area contributed by atoms with Crippen molar-refractivity contribution in [2.75, 3.05) is 0 Å². The van der Waals surface area contributed by atoms with Crippen LogP contribution in [-0.2, 0) is 0 Å². The summed E-state index contributed by atoms with van der Waals surface area (Å²) < 4.78 is 4.90. The lowest BCUT2D eigenvalue weighted by molar-refractivity contribution is 1.07. The molecule has 0 aliphatic carbocycles. The van der Waals surface area contributed by atoms with Gasteiger partial charge in [0.1, 0.15) is 0 Å². The quantitative estimate of drug-likeness (QED) is 0.168. The first kappa shape index (κ1) is 36.0. The minimum atomic E-state index is 0.633. The highest BCUT2D eigenvalue weighted by atomic mass is 15.0. The number of hydrogen-bond acceptors (Lipinski definition) is 3. The molecule has 64 heavy (non-hydrogen) atoms. The SMILES string of the molecule is c1ccc(-c2ccc3c(c2)c2cc4c5c6ccccc6ccc5n(-c5ccccc5)c4cc2n3-c2cccc3cc(-c4nc(-c5ccccc5)nc(-c5ccccc5)n4)ccc23)cc1. The van der Waals surface area contributed by atoms with E-state index in [-0.39, 0.29) is 0 Å². The molecule has 13 rings (SSSR count). The Labute approximate surface area is 368 Å². The van der Waals surface area contributed by atoms with Crippen LogP contribution in [-0.4, -0.2) is 24.1 Å². The summed E-state index contributed by atoms with van der Waals surface area (Å²) in [5.41, 5.74) is 12.1. The highest BCUT2D eigenvalue weighted by molar-refractivity contribution is 6.25. The van der Waals surface area contributed by atoms with Crippen molar-refractivity contribution in [2.45, 2.75) is 0 Å². The van der Waals surface area contributed by atoms with Crippen molar-refractivity contribution in [1.29, 1.82) is 0 Å². The molecule has 10 aromatic carbocycles. The molecule has 298 valence electrons. The van der Waals surface area contributed by atoms with E-state index in [0.29, 0.717) is 17.5 Å². The molecule has 0 aliphatic rings. The van der Waals surface area contributed by atoms with Crippen molar-refractivity contribution in [3.05, 3.63) is 224 Å². The van der Waals surface area contributed by atoms with Crippen molar-refractivity contribution in [2.24, 2.45) is 0 Å². The van der Waals surface area contributed by atoms with Crippen LogP contribution in [0, 0.1) is 0 Å². The zero-order valence-electron chi connectivity index (χ0n) is 34.6. The molecule has 0 amide bonds. The van der Waals surface area contributed by atoms with Crippen molar-refractivity contribution in [1.82, 2.24) is 24.1 Å². The molecule has 0 spiro atoms. The van der Waals surface area contributed by atoms with Gasteiger partial charge in [0.15, 0.2) is 17.5 Å². The first-order valence-electron chi connectivity index (χ1n) is 21.7. The fraction of sp³-hybridized carbons (Fsp3) is 0. The Morgan fingerprint density at radius 1 is 0.266 bits per heavy atom. The summed E-state index contributed by atoms with van der Waals surface area (Å²) in [5, 5.41) is 9.63. The molecule has 0 saturated heterocycles. The fourth-order valence-corrected chi connectivity index (χ4v) is 9.76. The van der Waals surface area contributed by atoms with E-state index in [4.69, 9.17) is 15.0 Å². The van der Waals surface area contributed by atoms with Crippen LogP contribution in [0.25, 0.3) is 122 Å². The van der Waals surface area contributed by atoms with E-state index in [0.717, 1.165) is 55.4 Å². The molecule has 5 nitrogen and oxygen atoms in total. The van der Waals surface area contributed by atoms with Gasteiger partial charge < -0.3 is 9.13 Å². The Bertz CT molecular complexity index is 3870. The van der Waals surface area contributed by atoms with E-state index < -0.39 is 0 Å². The predicted octanol–water partition coefficient (Wildman–Crippen LogP) is 15.0. The standard InChI is InChI=1S/C59H37N5/c1-5-16-38(17-6-1)42-30-32-52-48(35-42)49-36-50-55(63(45-24-11-4-12-25-45)53-33-29-39-18-13-14-26-47(39)56(50)53)37-54(49)64(52)51-27-15-23-43-34-44(28-31-46(43)51)59-61-57(40-19-7-2-8-20-40)60-58(62-59)41-21-9-3-10-22-41/h1-37H. The lowest BCUT2D eigenvalue weighted by Crippen LogP contribution is -2.00. The number of para-hydroxylation sites is 1. The molecular weight excluding hydrogens is 779 g/mol. The third-order valence-corrected chi connectivity index (χ3v) is 12.7. The second kappa shape index (κ2) is 14.5. The Morgan fingerprint density at radius 2 is 0.828 bits per heavy atom. The van der Waals surface area contributed by atoms with Gasteiger partial charge in [0.2, 0.25) is 0 Å². The summed E-state index contributed by atoms with van der Waals surface area (Å²) in [6, 6.07) is 80.1. The van der Waals surface area contributed by atoms with Gasteiger partial charge in [0.25, 0.3) is 0 Å². The molecule has 13 aromatic rings. The van der Waals surface area contributed by atoms with Crippen LogP contribution in [0.4, 0.5) is 0 Å². The van der Waals surface area contributed by atoms with Crippen LogP contribution >= 0.6 is 0 Å². The first-order chi connectivity index (χ1) is 31.7. The maximum Gasteiger partial charge on any atom is 0.164 e. The van der Waals surface area contributed by atoms with Crippen LogP contribution in [0.5, 0.6) is 0 Å². The van der Waals surface area contributed by atoms with E-state index in [2.05, 4.69) is 173 Å². The molecular formula is C59H37N5. The number of hydrogen-bond donors (Lipinski definition) is 0. The molecule has 3 aromatic heterocycles. The average molecular weight is 816 g/mol. The fourth-order valence-electron chi connectivity index (χ4n) is 9.76. The third-order valence-electron chi connectivity index (χ3n) is 12.7. The molecule has 0 atom stereocenters. The van der Waals surface area contributed by atoms with Crippen molar-refractivity contribution < 1.29 is 0 Å². The molecule has 0 bridgehead atoms. The van der Waals surface area contributed by atoms with Gasteiger partial charge in [-0.15, -0.1) is 0 Å². The number of nitrogens with zero attached hydrogens (tertiary/aromatic N) is 5. The van der Waals surface area contributed by atoms with Gasteiger partial charge in [-0.05, 0) is 81.9 Å². The predicted molar refractivity (Wildman–Crippen MR) is 265 cm³/mol. The van der Waals surface area contributed by atoms with Crippen LogP contribution < -0.4 is 0 Å². The van der Waals surface area contributed by atoms with Crippen LogP contribution in [0.3, 0.4) is 0 Å². The van der Waals surface area contributed by atoms with Gasteiger partial charge in [0, 0.05) is 49.3 Å². The molecule has 0 N–H and O–H groups in total. The topological polar surface area (TPSA) is 48.5 Å². The Balaban J connectivity index is 1.08. The molecule has 5 heteroatoms. The smallest absolute Gasteiger partial charge is 0.164 e. The molecule has 0 radical (unpaired) electrons. The Morgan fingerprint density at radius 3 is 1.55 bits per heavy atom. The Hall–Kier alpha value is -8.67. The van der Waals surface area contributed by atoms with E-state index in [1.165, 1.54) is 49.0 Å². The summed E-state index contributed by atoms with van der Waals surface area (Å²) >= 11 is 0. The summed E-state index contributed by atoms with van der Waals surface area (Å²) in [5.74, 6) is 1.92. The second-order valence-corrected chi connectivity index (χ2v) is 16.4. The third kappa shape index (κ3) is 5.75. The normalized spacial score (nSPS) is 11.8. The monoisotopic (exact) mass is 815 g/mol. The summed E-state index contributed by atoms with van der Waals surface area (Å²) in [4.78, 5) is 15.1. The lowest BCUT2D eigenvalue weighted by atomic mass is 10.0. The van der Waals surface area contributed by atoms with E-state index in [9.17, 15) is 0 Å². The van der Waals surface area contributed by atoms with Gasteiger partial charge in [0.05, 0.1) is 27.8 Å². The largest absolute Gasteiger partial charge is 0.309 e. The van der Waals surface area contributed by atoms with Crippen LogP contribution in [0.1, 0.15) is 0 Å². The summed E-state index contributed by atoms with van der Waals surface area (Å²) in [6.07, 6.45) is 0. The van der Waals surface area contributed by atoms with E-state index >= 15 is 0 Å². The zero-order valence-corrected chi connectivity index (χ0v) is 34.6. The highest BCUT2D eigenvalue weighted by Crippen LogP contribution is 2.43. The lowest BCUT2D eigenvalue weighted by Gasteiger charge is -2.14. The maximum atomic E-state index is 5.06. The molecule has 0 fully saturated rings. The van der Waals surface area contributed by atoms with Gasteiger partial charge >= 0.3 is 0 Å². The number of aromatic nitrogens is 5. The van der Waals surface area contributed by atoms with Gasteiger partial charge in [-0.3, -0.25) is 0 Å². The molecule has 3 heterocycles. The highest BCUT2D eigenvalue weighted by Gasteiger charge is 2.22. The van der Waals surface area contributed by atoms with Crippen LogP contribution in [0.15, 0.2) is 224 Å². The van der Waals surface area contributed by atoms with Gasteiger partial charge in [-0.25, -0.2) is 15.0 Å². The summed E-state index contributed by atoms with van der Waals surface area (Å²) in [7, 11) is 0. The van der Waals surface area contributed by atoms with Crippen LogP contribution in [0.2, 0.25) is 0 Å². The summed E-state index contributed by atoms with van der Waals surface area (Å²) in [6.45, 7) is 0. The molecule has 0 aliphatic heterocycles. The zero-order chi connectivity index (χ0) is 42.1. The maximum absolute atomic E-state index is 5.06. The number of benzene rings is 10. The Kier molecular flexibility index (Phi) is 8.15. The number of rotatable bonds is 6. The van der Waals surface area contributed by atoms with E-state index in [1.54, 1.807) is 0 Å². The van der Waals surface area contributed by atoms with Crippen molar-refractivity contribution in [3.63, 3.8) is 0 Å². The minimum absolute atomic E-state index is 0.633. The first-order valence-corrected chi connectivity index (χ1v) is 21.7.